The number of ether oxygens (including phenoxy) is 1. The average molecular weight is 360 g/mol. The predicted octanol–water partition coefficient (Wildman–Crippen LogP) is 3.74. The molecule has 2 amide bonds. The van der Waals surface area contributed by atoms with Crippen LogP contribution in [0.3, 0.4) is 0 Å². The van der Waals surface area contributed by atoms with Crippen molar-refractivity contribution in [2.75, 3.05) is 19.1 Å². The summed E-state index contributed by atoms with van der Waals surface area (Å²) in [4.78, 5) is 25.9. The van der Waals surface area contributed by atoms with Crippen LogP contribution >= 0.6 is 0 Å². The van der Waals surface area contributed by atoms with Gasteiger partial charge in [-0.05, 0) is 35.9 Å². The first-order chi connectivity index (χ1) is 13.0. The number of hydrogen-bond donors (Lipinski definition) is 1. The zero-order valence-corrected chi connectivity index (χ0v) is 15.2. The SMILES string of the molecule is COc1c(C(=O)N(C)c2ccccc2)cccc1-c1ccc(C(N)=O)cc1. The zero-order valence-electron chi connectivity index (χ0n) is 15.2. The highest BCUT2D eigenvalue weighted by Crippen LogP contribution is 2.34. The Labute approximate surface area is 158 Å². The van der Waals surface area contributed by atoms with Crippen molar-refractivity contribution < 1.29 is 14.3 Å². The lowest BCUT2D eigenvalue weighted by molar-refractivity contribution is 0.0985. The Balaban J connectivity index is 2.01. The number of primary amides is 1. The molecule has 136 valence electrons. The summed E-state index contributed by atoms with van der Waals surface area (Å²) in [7, 11) is 3.27. The summed E-state index contributed by atoms with van der Waals surface area (Å²) in [5.41, 5.74) is 8.57. The van der Waals surface area contributed by atoms with E-state index in [0.29, 0.717) is 16.9 Å². The number of carbonyl (C=O) groups is 2. The maximum absolute atomic E-state index is 13.0. The van der Waals surface area contributed by atoms with Crippen molar-refractivity contribution in [2.24, 2.45) is 5.73 Å². The van der Waals surface area contributed by atoms with Gasteiger partial charge in [0.05, 0.1) is 12.7 Å². The van der Waals surface area contributed by atoms with E-state index in [4.69, 9.17) is 10.5 Å². The molecule has 27 heavy (non-hydrogen) atoms. The second-order valence-electron chi connectivity index (χ2n) is 6.03. The Morgan fingerprint density at radius 2 is 1.56 bits per heavy atom. The molecule has 3 rings (SSSR count). The molecule has 0 unspecified atom stereocenters. The van der Waals surface area contributed by atoms with E-state index in [-0.39, 0.29) is 5.91 Å². The van der Waals surface area contributed by atoms with Gasteiger partial charge in [0.2, 0.25) is 5.91 Å². The van der Waals surface area contributed by atoms with Crippen LogP contribution in [0.1, 0.15) is 20.7 Å². The minimum atomic E-state index is -0.484. The van der Waals surface area contributed by atoms with Crippen molar-refractivity contribution in [3.8, 4) is 16.9 Å². The molecule has 0 heterocycles. The van der Waals surface area contributed by atoms with Crippen molar-refractivity contribution in [2.45, 2.75) is 0 Å². The number of benzene rings is 3. The van der Waals surface area contributed by atoms with Crippen molar-refractivity contribution in [1.82, 2.24) is 0 Å². The molecule has 0 aliphatic rings. The second kappa shape index (κ2) is 7.74. The van der Waals surface area contributed by atoms with Gasteiger partial charge in [0.1, 0.15) is 5.75 Å². The highest BCUT2D eigenvalue weighted by atomic mass is 16.5. The molecule has 0 radical (unpaired) electrons. The van der Waals surface area contributed by atoms with Crippen LogP contribution < -0.4 is 15.4 Å². The maximum atomic E-state index is 13.0. The third-order valence-corrected chi connectivity index (χ3v) is 4.38. The zero-order chi connectivity index (χ0) is 19.4. The molecule has 0 spiro atoms. The van der Waals surface area contributed by atoms with E-state index in [1.54, 1.807) is 42.3 Å². The minimum Gasteiger partial charge on any atom is -0.495 e. The van der Waals surface area contributed by atoms with E-state index in [1.165, 1.54) is 7.11 Å². The van der Waals surface area contributed by atoms with E-state index < -0.39 is 5.91 Å². The molecule has 0 fully saturated rings. The van der Waals surface area contributed by atoms with E-state index in [0.717, 1.165) is 16.8 Å². The normalized spacial score (nSPS) is 10.3. The standard InChI is InChI=1S/C22H20N2O3/c1-24(17-7-4-3-5-8-17)22(26)19-10-6-9-18(20(19)27-2)15-11-13-16(14-12-15)21(23)25/h3-14H,1-2H3,(H2,23,25). The molecule has 0 atom stereocenters. The molecule has 0 saturated carbocycles. The van der Waals surface area contributed by atoms with Crippen LogP contribution in [0.2, 0.25) is 0 Å². The predicted molar refractivity (Wildman–Crippen MR) is 106 cm³/mol. The molecule has 0 aliphatic carbocycles. The highest BCUT2D eigenvalue weighted by molar-refractivity contribution is 6.09. The number of nitrogens with zero attached hydrogens (tertiary/aromatic N) is 1. The van der Waals surface area contributed by atoms with Crippen LogP contribution in [0.15, 0.2) is 72.8 Å². The largest absolute Gasteiger partial charge is 0.495 e. The molecule has 5 nitrogen and oxygen atoms in total. The van der Waals surface area contributed by atoms with Gasteiger partial charge >= 0.3 is 0 Å². The molecule has 2 N–H and O–H groups in total. The summed E-state index contributed by atoms with van der Waals surface area (Å²) in [6.45, 7) is 0. The molecule has 0 aromatic heterocycles. The van der Waals surface area contributed by atoms with E-state index >= 15 is 0 Å². The lowest BCUT2D eigenvalue weighted by Gasteiger charge is -2.20. The van der Waals surface area contributed by atoms with Crippen LogP contribution in [0, 0.1) is 0 Å². The summed E-state index contributed by atoms with van der Waals surface area (Å²) >= 11 is 0. The van der Waals surface area contributed by atoms with Crippen LogP contribution in [0.25, 0.3) is 11.1 Å². The Hall–Kier alpha value is -3.60. The van der Waals surface area contributed by atoms with Crippen molar-refractivity contribution >= 4 is 17.5 Å². The first-order valence-corrected chi connectivity index (χ1v) is 8.43. The van der Waals surface area contributed by atoms with E-state index in [1.807, 2.05) is 42.5 Å². The Morgan fingerprint density at radius 1 is 0.889 bits per heavy atom. The first-order valence-electron chi connectivity index (χ1n) is 8.43. The molecule has 0 bridgehead atoms. The fraction of sp³-hybridized carbons (Fsp3) is 0.0909. The van der Waals surface area contributed by atoms with Gasteiger partial charge in [-0.2, -0.15) is 0 Å². The summed E-state index contributed by atoms with van der Waals surface area (Å²) < 4.78 is 5.58. The third-order valence-electron chi connectivity index (χ3n) is 4.38. The van der Waals surface area contributed by atoms with Gasteiger partial charge in [-0.3, -0.25) is 9.59 Å². The lowest BCUT2D eigenvalue weighted by atomic mass is 9.99. The fourth-order valence-corrected chi connectivity index (χ4v) is 2.92. The minimum absolute atomic E-state index is 0.173. The lowest BCUT2D eigenvalue weighted by Crippen LogP contribution is -2.26. The molecular formula is C22H20N2O3. The Morgan fingerprint density at radius 3 is 2.15 bits per heavy atom. The number of rotatable bonds is 5. The second-order valence-corrected chi connectivity index (χ2v) is 6.03. The Bertz CT molecular complexity index is 967. The molecule has 0 saturated heterocycles. The fourth-order valence-electron chi connectivity index (χ4n) is 2.92. The van der Waals surface area contributed by atoms with Gasteiger partial charge in [0, 0.05) is 23.9 Å². The number of nitrogens with two attached hydrogens (primary N) is 1. The van der Waals surface area contributed by atoms with Crippen LogP contribution in [0.4, 0.5) is 5.69 Å². The van der Waals surface area contributed by atoms with Crippen molar-refractivity contribution in [3.63, 3.8) is 0 Å². The molecular weight excluding hydrogens is 340 g/mol. The number of amides is 2. The van der Waals surface area contributed by atoms with Crippen molar-refractivity contribution in [1.29, 1.82) is 0 Å². The van der Waals surface area contributed by atoms with Gasteiger partial charge in [0.25, 0.3) is 5.91 Å². The summed E-state index contributed by atoms with van der Waals surface area (Å²) in [5.74, 6) is -0.173. The average Bonchev–Trinajstić information content (AvgIpc) is 2.72. The maximum Gasteiger partial charge on any atom is 0.261 e. The number of methoxy groups -OCH3 is 1. The van der Waals surface area contributed by atoms with Crippen molar-refractivity contribution in [3.05, 3.63) is 83.9 Å². The monoisotopic (exact) mass is 360 g/mol. The molecule has 0 aliphatic heterocycles. The van der Waals surface area contributed by atoms with Gasteiger partial charge in [0.15, 0.2) is 0 Å². The van der Waals surface area contributed by atoms with Crippen LogP contribution in [-0.4, -0.2) is 26.0 Å². The quantitative estimate of drug-likeness (QED) is 0.753. The summed E-state index contributed by atoms with van der Waals surface area (Å²) in [5, 5.41) is 0. The number of hydrogen-bond acceptors (Lipinski definition) is 3. The number of anilines is 1. The first kappa shape index (κ1) is 18.2. The molecule has 3 aromatic carbocycles. The Kier molecular flexibility index (Phi) is 5.22. The van der Waals surface area contributed by atoms with Gasteiger partial charge < -0.3 is 15.4 Å². The summed E-state index contributed by atoms with van der Waals surface area (Å²) in [6, 6.07) is 21.7. The van der Waals surface area contributed by atoms with Gasteiger partial charge in [-0.25, -0.2) is 0 Å². The van der Waals surface area contributed by atoms with Crippen LogP contribution in [-0.2, 0) is 0 Å². The van der Waals surface area contributed by atoms with Gasteiger partial charge in [-0.15, -0.1) is 0 Å². The summed E-state index contributed by atoms with van der Waals surface area (Å²) in [6.07, 6.45) is 0. The third kappa shape index (κ3) is 3.67. The number of carbonyl (C=O) groups excluding carboxylic acids is 2. The smallest absolute Gasteiger partial charge is 0.261 e. The topological polar surface area (TPSA) is 72.6 Å². The van der Waals surface area contributed by atoms with E-state index in [9.17, 15) is 9.59 Å². The number of para-hydroxylation sites is 2. The molecule has 5 heteroatoms. The molecule has 3 aromatic rings. The van der Waals surface area contributed by atoms with Gasteiger partial charge in [-0.1, -0.05) is 42.5 Å². The van der Waals surface area contributed by atoms with E-state index in [2.05, 4.69) is 0 Å². The highest BCUT2D eigenvalue weighted by Gasteiger charge is 2.20. The van der Waals surface area contributed by atoms with Crippen LogP contribution in [0.5, 0.6) is 5.75 Å².